The lowest BCUT2D eigenvalue weighted by molar-refractivity contribution is -0.137. The highest BCUT2D eigenvalue weighted by molar-refractivity contribution is 6.21. The highest BCUT2D eigenvalue weighted by Gasteiger charge is 2.35. The second-order valence-corrected chi connectivity index (χ2v) is 7.57. The van der Waals surface area contributed by atoms with Gasteiger partial charge in [0.1, 0.15) is 0 Å². The van der Waals surface area contributed by atoms with E-state index in [4.69, 9.17) is 0 Å². The van der Waals surface area contributed by atoms with Gasteiger partial charge in [0, 0.05) is 25.3 Å². The second kappa shape index (κ2) is 7.54. The molecule has 2 heterocycles. The van der Waals surface area contributed by atoms with Crippen molar-refractivity contribution < 1.29 is 22.8 Å². The van der Waals surface area contributed by atoms with Gasteiger partial charge in [0.2, 0.25) is 0 Å². The third-order valence-electron chi connectivity index (χ3n) is 5.81. The Labute approximate surface area is 166 Å². The molecule has 29 heavy (non-hydrogen) atoms. The van der Waals surface area contributed by atoms with Crippen LogP contribution in [-0.2, 0) is 6.18 Å². The highest BCUT2D eigenvalue weighted by atomic mass is 19.4. The molecule has 0 bridgehead atoms. The van der Waals surface area contributed by atoms with Gasteiger partial charge in [-0.15, -0.1) is 0 Å². The zero-order valence-corrected chi connectivity index (χ0v) is 15.8. The normalized spacial score (nSPS) is 17.8. The van der Waals surface area contributed by atoms with Crippen LogP contribution in [0, 0.1) is 5.92 Å². The van der Waals surface area contributed by atoms with Crippen LogP contribution in [0.5, 0.6) is 0 Å². The highest BCUT2D eigenvalue weighted by Crippen LogP contribution is 2.32. The lowest BCUT2D eigenvalue weighted by atomic mass is 9.93. The van der Waals surface area contributed by atoms with E-state index in [0.29, 0.717) is 23.6 Å². The smallest absolute Gasteiger partial charge is 0.372 e. The predicted molar refractivity (Wildman–Crippen MR) is 103 cm³/mol. The molecule has 2 aliphatic heterocycles. The van der Waals surface area contributed by atoms with Crippen LogP contribution in [0.25, 0.3) is 0 Å². The molecule has 0 aliphatic carbocycles. The van der Waals surface area contributed by atoms with Gasteiger partial charge >= 0.3 is 6.18 Å². The Bertz CT molecular complexity index is 881. The number of benzene rings is 2. The van der Waals surface area contributed by atoms with E-state index < -0.39 is 11.7 Å². The third kappa shape index (κ3) is 3.86. The molecule has 1 saturated heterocycles. The van der Waals surface area contributed by atoms with Gasteiger partial charge < -0.3 is 4.90 Å². The topological polar surface area (TPSA) is 40.6 Å². The van der Waals surface area contributed by atoms with E-state index in [9.17, 15) is 22.8 Å². The molecule has 0 saturated carbocycles. The average Bonchev–Trinajstić information content (AvgIpc) is 2.97. The Morgan fingerprint density at radius 3 is 1.93 bits per heavy atom. The molecule has 152 valence electrons. The first-order chi connectivity index (χ1) is 13.8. The summed E-state index contributed by atoms with van der Waals surface area (Å²) in [7, 11) is 0. The number of hydrogen-bond donors (Lipinski definition) is 0. The van der Waals surface area contributed by atoms with E-state index >= 15 is 0 Å². The minimum Gasteiger partial charge on any atom is -0.372 e. The van der Waals surface area contributed by atoms with Crippen molar-refractivity contribution in [1.29, 1.82) is 0 Å². The van der Waals surface area contributed by atoms with E-state index in [0.717, 1.165) is 50.2 Å². The van der Waals surface area contributed by atoms with Crippen molar-refractivity contribution in [3.8, 4) is 0 Å². The first kappa shape index (κ1) is 19.5. The van der Waals surface area contributed by atoms with E-state index in [1.165, 1.54) is 17.0 Å². The van der Waals surface area contributed by atoms with Crippen LogP contribution in [0.1, 0.15) is 45.5 Å². The van der Waals surface area contributed by atoms with Crippen molar-refractivity contribution >= 4 is 17.5 Å². The van der Waals surface area contributed by atoms with Crippen molar-refractivity contribution in [3.05, 3.63) is 65.2 Å². The van der Waals surface area contributed by atoms with Gasteiger partial charge in [-0.25, -0.2) is 0 Å². The molecular formula is C22H21F3N2O2. The Morgan fingerprint density at radius 1 is 0.862 bits per heavy atom. The molecule has 2 amide bonds. The maximum Gasteiger partial charge on any atom is 0.416 e. The number of anilines is 1. The van der Waals surface area contributed by atoms with Crippen LogP contribution in [0.15, 0.2) is 48.5 Å². The van der Waals surface area contributed by atoms with Gasteiger partial charge in [0.25, 0.3) is 11.8 Å². The monoisotopic (exact) mass is 402 g/mol. The van der Waals surface area contributed by atoms with Crippen LogP contribution in [0.4, 0.5) is 18.9 Å². The molecule has 0 radical (unpaired) electrons. The fourth-order valence-corrected chi connectivity index (χ4v) is 4.09. The summed E-state index contributed by atoms with van der Waals surface area (Å²) in [5.41, 5.74) is 1.08. The van der Waals surface area contributed by atoms with Crippen LogP contribution in [0.3, 0.4) is 0 Å². The minimum atomic E-state index is -4.32. The number of halogens is 3. The molecule has 0 aromatic heterocycles. The van der Waals surface area contributed by atoms with Gasteiger partial charge in [-0.3, -0.25) is 14.5 Å². The maximum atomic E-state index is 12.7. The lowest BCUT2D eigenvalue weighted by Crippen LogP contribution is -2.36. The summed E-state index contributed by atoms with van der Waals surface area (Å²) in [6, 6.07) is 12.1. The Kier molecular flexibility index (Phi) is 5.06. The number of alkyl halides is 3. The average molecular weight is 402 g/mol. The summed E-state index contributed by atoms with van der Waals surface area (Å²) in [6.45, 7) is 1.90. The second-order valence-electron chi connectivity index (χ2n) is 7.57. The molecule has 0 spiro atoms. The molecule has 7 heteroatoms. The van der Waals surface area contributed by atoms with Gasteiger partial charge in [0.15, 0.2) is 0 Å². The molecule has 1 fully saturated rings. The first-order valence-corrected chi connectivity index (χ1v) is 9.72. The SMILES string of the molecule is O=C1c2ccccc2C(=O)N1CCC1CCN(c2ccc(C(F)(F)F)cc2)CC1. The summed E-state index contributed by atoms with van der Waals surface area (Å²) >= 11 is 0. The quantitative estimate of drug-likeness (QED) is 0.702. The molecule has 2 aromatic carbocycles. The number of amides is 2. The number of carbonyl (C=O) groups excluding carboxylic acids is 2. The molecule has 2 aliphatic rings. The largest absolute Gasteiger partial charge is 0.416 e. The molecule has 0 unspecified atom stereocenters. The van der Waals surface area contributed by atoms with E-state index in [2.05, 4.69) is 4.90 Å². The van der Waals surface area contributed by atoms with Crippen molar-refractivity contribution in [2.75, 3.05) is 24.5 Å². The first-order valence-electron chi connectivity index (χ1n) is 9.72. The summed E-state index contributed by atoms with van der Waals surface area (Å²) in [5.74, 6) is -0.0782. The number of rotatable bonds is 4. The maximum absolute atomic E-state index is 12.7. The van der Waals surface area contributed by atoms with Crippen molar-refractivity contribution in [2.45, 2.75) is 25.4 Å². The van der Waals surface area contributed by atoms with Crippen molar-refractivity contribution in [3.63, 3.8) is 0 Å². The number of piperidine rings is 1. The summed E-state index contributed by atoms with van der Waals surface area (Å²) < 4.78 is 38.1. The molecule has 4 nitrogen and oxygen atoms in total. The number of imide groups is 1. The number of nitrogens with zero attached hydrogens (tertiary/aromatic N) is 2. The van der Waals surface area contributed by atoms with Crippen LogP contribution < -0.4 is 4.90 Å². The molecular weight excluding hydrogens is 381 g/mol. The predicted octanol–water partition coefficient (Wildman–Crippen LogP) is 4.61. The van der Waals surface area contributed by atoms with Crippen molar-refractivity contribution in [1.82, 2.24) is 4.90 Å². The lowest BCUT2D eigenvalue weighted by Gasteiger charge is -2.34. The minimum absolute atomic E-state index is 0.229. The standard InChI is InChI=1S/C22H21F3N2O2/c23-22(24,25)16-5-7-17(8-6-16)26-12-9-15(10-13-26)11-14-27-20(28)18-3-1-2-4-19(18)21(27)29/h1-8,15H,9-14H2. The zero-order chi connectivity index (χ0) is 20.6. The molecule has 4 rings (SSSR count). The Morgan fingerprint density at radius 2 is 1.41 bits per heavy atom. The molecule has 0 atom stereocenters. The fraction of sp³-hybridized carbons (Fsp3) is 0.364. The van der Waals surface area contributed by atoms with Crippen LogP contribution >= 0.6 is 0 Å². The number of carbonyl (C=O) groups is 2. The van der Waals surface area contributed by atoms with E-state index in [1.54, 1.807) is 24.3 Å². The van der Waals surface area contributed by atoms with E-state index in [1.807, 2.05) is 0 Å². The van der Waals surface area contributed by atoms with Gasteiger partial charge in [-0.05, 0) is 61.6 Å². The van der Waals surface area contributed by atoms with Gasteiger partial charge in [-0.2, -0.15) is 13.2 Å². The molecule has 0 N–H and O–H groups in total. The number of hydrogen-bond acceptors (Lipinski definition) is 3. The van der Waals surface area contributed by atoms with Gasteiger partial charge in [0.05, 0.1) is 16.7 Å². The van der Waals surface area contributed by atoms with Gasteiger partial charge in [-0.1, -0.05) is 12.1 Å². The molecule has 2 aromatic rings. The summed E-state index contributed by atoms with van der Waals surface area (Å²) in [5, 5.41) is 0. The number of fused-ring (bicyclic) bond motifs is 1. The summed E-state index contributed by atoms with van der Waals surface area (Å²) in [6.07, 6.45) is -1.82. The Balaban J connectivity index is 1.30. The van der Waals surface area contributed by atoms with Crippen LogP contribution in [-0.4, -0.2) is 36.3 Å². The zero-order valence-electron chi connectivity index (χ0n) is 15.8. The van der Waals surface area contributed by atoms with E-state index in [-0.39, 0.29) is 11.8 Å². The summed E-state index contributed by atoms with van der Waals surface area (Å²) in [4.78, 5) is 28.3. The van der Waals surface area contributed by atoms with Crippen molar-refractivity contribution in [2.24, 2.45) is 5.92 Å². The Hall–Kier alpha value is -2.83. The fourth-order valence-electron chi connectivity index (χ4n) is 4.09. The van der Waals surface area contributed by atoms with Crippen LogP contribution in [0.2, 0.25) is 0 Å². The third-order valence-corrected chi connectivity index (χ3v) is 5.81.